The summed E-state index contributed by atoms with van der Waals surface area (Å²) in [4.78, 5) is 10.8. The van der Waals surface area contributed by atoms with Crippen molar-refractivity contribution in [1.82, 2.24) is 0 Å². The molecule has 20 heavy (non-hydrogen) atoms. The van der Waals surface area contributed by atoms with E-state index in [1.54, 1.807) is 0 Å². The molecule has 0 saturated heterocycles. The lowest BCUT2D eigenvalue weighted by Gasteiger charge is -1.99. The second-order valence-corrected chi connectivity index (χ2v) is 7.15. The highest BCUT2D eigenvalue weighted by Gasteiger charge is 1.93. The summed E-state index contributed by atoms with van der Waals surface area (Å²) >= 11 is 0.742. The standard InChI is InChI=1S/C18H33O.Al.2H/c1-2-3-4-5-6-7-8-9-10-11-12-13-14-15-16-17-18-19;;;/h9-10H,2-8,11-17H2,1H3;;;/b10-9-;;;. The highest BCUT2D eigenvalue weighted by Crippen LogP contribution is 2.09. The predicted octanol–water partition coefficient (Wildman–Crippen LogP) is 5.18. The van der Waals surface area contributed by atoms with Gasteiger partial charge in [-0.05, 0) is 38.5 Å². The van der Waals surface area contributed by atoms with Crippen LogP contribution in [0.3, 0.4) is 0 Å². The van der Waals surface area contributed by atoms with Crippen LogP contribution in [0.1, 0.15) is 96.8 Å². The molecular formula is C18H35AlO. The number of carbonyl (C=O) groups excluding carboxylic acids is 1. The number of rotatable bonds is 15. The molecule has 0 N–H and O–H groups in total. The molecule has 0 radical (unpaired) electrons. The lowest BCUT2D eigenvalue weighted by Crippen LogP contribution is -1.94. The molecule has 0 spiro atoms. The molecule has 0 aliphatic carbocycles. The Morgan fingerprint density at radius 2 is 1.20 bits per heavy atom. The Labute approximate surface area is 135 Å². The van der Waals surface area contributed by atoms with Crippen LogP contribution in [0.15, 0.2) is 12.2 Å². The van der Waals surface area contributed by atoms with Crippen molar-refractivity contribution in [3.8, 4) is 0 Å². The van der Waals surface area contributed by atoms with Gasteiger partial charge in [-0.25, -0.2) is 0 Å². The molecule has 0 bridgehead atoms. The van der Waals surface area contributed by atoms with E-state index >= 15 is 0 Å². The zero-order valence-corrected chi connectivity index (χ0v) is 16.0. The Kier molecular flexibility index (Phi) is 16.9. The van der Waals surface area contributed by atoms with Crippen LogP contribution in [-0.4, -0.2) is 20.9 Å². The van der Waals surface area contributed by atoms with Gasteiger partial charge in [0.05, 0.1) is 0 Å². The van der Waals surface area contributed by atoms with Crippen LogP contribution in [0.4, 0.5) is 0 Å². The summed E-state index contributed by atoms with van der Waals surface area (Å²) in [7, 11) is 0. The second-order valence-electron chi connectivity index (χ2n) is 6.04. The summed E-state index contributed by atoms with van der Waals surface area (Å²) < 4.78 is 0.475. The maximum Gasteiger partial charge on any atom is 0.319 e. The van der Waals surface area contributed by atoms with Crippen molar-refractivity contribution < 1.29 is 4.79 Å². The Balaban J connectivity index is 3.07. The molecule has 0 unspecified atom stereocenters. The topological polar surface area (TPSA) is 17.1 Å². The van der Waals surface area contributed by atoms with Gasteiger partial charge in [0.25, 0.3) is 0 Å². The molecule has 0 aromatic heterocycles. The third-order valence-electron chi connectivity index (χ3n) is 3.79. The molecule has 0 rings (SSSR count). The zero-order valence-electron chi connectivity index (χ0n) is 14.0. The summed E-state index contributed by atoms with van der Waals surface area (Å²) in [5, 5.41) is 0. The molecule has 0 aliphatic heterocycles. The van der Waals surface area contributed by atoms with Crippen LogP contribution < -0.4 is 0 Å². The lowest BCUT2D eigenvalue weighted by atomic mass is 10.1. The molecule has 1 nitrogen and oxygen atoms in total. The Bertz CT molecular complexity index is 236. The monoisotopic (exact) mass is 294 g/mol. The minimum atomic E-state index is 0.475. The molecule has 2 heteroatoms. The van der Waals surface area contributed by atoms with Crippen LogP contribution in [-0.2, 0) is 4.79 Å². The van der Waals surface area contributed by atoms with Gasteiger partial charge in [0.15, 0.2) is 0 Å². The largest absolute Gasteiger partial charge is 0.322 e. The van der Waals surface area contributed by atoms with E-state index in [9.17, 15) is 4.79 Å². The first kappa shape index (κ1) is 19.9. The van der Waals surface area contributed by atoms with E-state index in [2.05, 4.69) is 19.1 Å². The highest BCUT2D eigenvalue weighted by atomic mass is 27.0. The van der Waals surface area contributed by atoms with Crippen molar-refractivity contribution >= 4 is 20.9 Å². The van der Waals surface area contributed by atoms with Crippen molar-refractivity contribution in [2.24, 2.45) is 0 Å². The summed E-state index contributed by atoms with van der Waals surface area (Å²) in [5.74, 6) is 0. The average Bonchev–Trinajstić information content (AvgIpc) is 2.43. The maximum atomic E-state index is 10.8. The fourth-order valence-electron chi connectivity index (χ4n) is 2.44. The summed E-state index contributed by atoms with van der Waals surface area (Å²) in [6, 6.07) is 0. The van der Waals surface area contributed by atoms with Crippen molar-refractivity contribution in [3.63, 3.8) is 0 Å². The third kappa shape index (κ3) is 17.9. The van der Waals surface area contributed by atoms with E-state index in [1.807, 2.05) is 0 Å². The first-order valence-electron chi connectivity index (χ1n) is 8.91. The smallest absolute Gasteiger partial charge is 0.319 e. The van der Waals surface area contributed by atoms with E-state index in [-0.39, 0.29) is 0 Å². The summed E-state index contributed by atoms with van der Waals surface area (Å²) in [6.07, 6.45) is 22.8. The molecule has 0 aliphatic rings. The predicted molar refractivity (Wildman–Crippen MR) is 93.0 cm³/mol. The molecule has 0 aromatic rings. The van der Waals surface area contributed by atoms with Crippen LogP contribution in [0, 0.1) is 0 Å². The molecule has 0 saturated carbocycles. The Morgan fingerprint density at radius 3 is 1.70 bits per heavy atom. The van der Waals surface area contributed by atoms with Gasteiger partial charge in [-0.1, -0.05) is 70.4 Å². The van der Waals surface area contributed by atoms with Gasteiger partial charge >= 0.3 is 16.3 Å². The van der Waals surface area contributed by atoms with Crippen molar-refractivity contribution in [1.29, 1.82) is 0 Å². The van der Waals surface area contributed by atoms with Crippen molar-refractivity contribution in [2.75, 3.05) is 0 Å². The van der Waals surface area contributed by atoms with E-state index in [1.165, 1.54) is 77.0 Å². The van der Waals surface area contributed by atoms with Gasteiger partial charge < -0.3 is 4.79 Å². The quantitative estimate of drug-likeness (QED) is 0.231. The second kappa shape index (κ2) is 17.0. The fourth-order valence-corrected chi connectivity index (χ4v) is 2.80. The third-order valence-corrected chi connectivity index (χ3v) is 4.29. The fraction of sp³-hybridized carbons (Fsp3) is 0.833. The Hall–Kier alpha value is -0.0575. The van der Waals surface area contributed by atoms with Crippen molar-refractivity contribution in [2.45, 2.75) is 96.8 Å². The van der Waals surface area contributed by atoms with Gasteiger partial charge in [0.1, 0.15) is 0 Å². The molecule has 0 aromatic carbocycles. The van der Waals surface area contributed by atoms with E-state index in [4.69, 9.17) is 0 Å². The molecule has 0 atom stereocenters. The van der Waals surface area contributed by atoms with Gasteiger partial charge in [0.2, 0.25) is 0 Å². The van der Waals surface area contributed by atoms with E-state index < -0.39 is 0 Å². The lowest BCUT2D eigenvalue weighted by molar-refractivity contribution is -0.111. The van der Waals surface area contributed by atoms with E-state index in [0.717, 1.165) is 29.1 Å². The number of hydrogen-bond acceptors (Lipinski definition) is 1. The molecular weight excluding hydrogens is 259 g/mol. The first-order chi connectivity index (χ1) is 9.77. The minimum absolute atomic E-state index is 0.475. The SMILES string of the molecule is CCCCCCCC/C=C\CCCCCCC[C](=O)[AlH2]. The maximum absolute atomic E-state index is 10.8. The minimum Gasteiger partial charge on any atom is -0.322 e. The number of carbonyl (C=O) groups is 1. The molecule has 116 valence electrons. The van der Waals surface area contributed by atoms with Crippen LogP contribution in [0.25, 0.3) is 0 Å². The van der Waals surface area contributed by atoms with Gasteiger partial charge in [0, 0.05) is 4.65 Å². The summed E-state index contributed by atoms with van der Waals surface area (Å²) in [6.45, 7) is 2.27. The summed E-state index contributed by atoms with van der Waals surface area (Å²) in [5.41, 5.74) is 0. The highest BCUT2D eigenvalue weighted by molar-refractivity contribution is 6.57. The van der Waals surface area contributed by atoms with E-state index in [0.29, 0.717) is 4.65 Å². The van der Waals surface area contributed by atoms with Gasteiger partial charge in [-0.2, -0.15) is 0 Å². The van der Waals surface area contributed by atoms with Gasteiger partial charge in [-0.15, -0.1) is 0 Å². The van der Waals surface area contributed by atoms with Gasteiger partial charge in [-0.3, -0.25) is 0 Å². The zero-order chi connectivity index (χ0) is 14.9. The number of allylic oxidation sites excluding steroid dienone is 2. The first-order valence-corrected chi connectivity index (χ1v) is 9.91. The van der Waals surface area contributed by atoms with Crippen LogP contribution in [0.5, 0.6) is 0 Å². The Morgan fingerprint density at radius 1 is 0.750 bits per heavy atom. The average molecular weight is 294 g/mol. The normalized spacial score (nSPS) is 11.2. The number of unbranched alkanes of at least 4 members (excludes halogenated alkanes) is 11. The van der Waals surface area contributed by atoms with Crippen LogP contribution in [0.2, 0.25) is 0 Å². The van der Waals surface area contributed by atoms with Crippen LogP contribution >= 0.6 is 0 Å². The molecule has 0 amide bonds. The molecule has 0 fully saturated rings. The molecule has 0 heterocycles. The van der Waals surface area contributed by atoms with Crippen molar-refractivity contribution in [3.05, 3.63) is 12.2 Å². The number of hydrogen-bond donors (Lipinski definition) is 0.